The minimum Gasteiger partial charge on any atom is -0.466 e. The number of benzene rings is 1. The van der Waals surface area contributed by atoms with Crippen molar-refractivity contribution in [3.63, 3.8) is 0 Å². The predicted molar refractivity (Wildman–Crippen MR) is 109 cm³/mol. The molecule has 2 aliphatic carbocycles. The lowest BCUT2D eigenvalue weighted by atomic mass is 9.73. The van der Waals surface area contributed by atoms with E-state index in [4.69, 9.17) is 16.3 Å². The van der Waals surface area contributed by atoms with E-state index in [1.807, 2.05) is 36.1 Å². The second kappa shape index (κ2) is 7.70. The van der Waals surface area contributed by atoms with Gasteiger partial charge in [0.25, 0.3) is 0 Å². The molecule has 1 aliphatic heterocycles. The minimum absolute atomic E-state index is 0.129. The van der Waals surface area contributed by atoms with Crippen LogP contribution in [0.2, 0.25) is 5.02 Å². The number of amides is 1. The van der Waals surface area contributed by atoms with Gasteiger partial charge in [0.05, 0.1) is 12.0 Å². The Bertz CT molecular complexity index is 731. The average molecular weight is 404 g/mol. The summed E-state index contributed by atoms with van der Waals surface area (Å²) in [6, 6.07) is 7.69. The highest BCUT2D eigenvalue weighted by molar-refractivity contribution is 6.30. The molecular weight excluding hydrogens is 374 g/mol. The van der Waals surface area contributed by atoms with Gasteiger partial charge in [0.15, 0.2) is 0 Å². The summed E-state index contributed by atoms with van der Waals surface area (Å²) in [5.41, 5.74) is 0.870. The van der Waals surface area contributed by atoms with Crippen LogP contribution in [0, 0.1) is 16.7 Å². The van der Waals surface area contributed by atoms with Gasteiger partial charge >= 0.3 is 5.97 Å². The third-order valence-corrected chi connectivity index (χ3v) is 7.54. The highest BCUT2D eigenvalue weighted by Crippen LogP contribution is 2.63. The van der Waals surface area contributed by atoms with Crippen molar-refractivity contribution in [1.29, 1.82) is 0 Å². The van der Waals surface area contributed by atoms with Crippen molar-refractivity contribution in [2.24, 2.45) is 16.7 Å². The summed E-state index contributed by atoms with van der Waals surface area (Å²) < 4.78 is 5.44. The first-order chi connectivity index (χ1) is 13.5. The summed E-state index contributed by atoms with van der Waals surface area (Å²) in [7, 11) is 0. The molecule has 1 heterocycles. The lowest BCUT2D eigenvalue weighted by Gasteiger charge is -2.40. The quantitative estimate of drug-likeness (QED) is 0.673. The highest BCUT2D eigenvalue weighted by Gasteiger charge is 2.60. The predicted octanol–water partition coefficient (Wildman–Crippen LogP) is 4.63. The molecular formula is C23H30ClNO3. The molecule has 4 nitrogen and oxygen atoms in total. The van der Waals surface area contributed by atoms with Crippen LogP contribution in [0.1, 0.15) is 57.4 Å². The smallest absolute Gasteiger partial charge is 0.312 e. The largest absolute Gasteiger partial charge is 0.466 e. The van der Waals surface area contributed by atoms with Crippen LogP contribution in [-0.4, -0.2) is 36.5 Å². The van der Waals surface area contributed by atoms with Gasteiger partial charge in [-0.15, -0.1) is 0 Å². The van der Waals surface area contributed by atoms with Gasteiger partial charge in [0.1, 0.15) is 0 Å². The van der Waals surface area contributed by atoms with Crippen molar-refractivity contribution >= 4 is 23.5 Å². The average Bonchev–Trinajstić information content (AvgIpc) is 3.20. The fourth-order valence-corrected chi connectivity index (χ4v) is 5.56. The number of hydrogen-bond donors (Lipinski definition) is 0. The van der Waals surface area contributed by atoms with Crippen LogP contribution in [0.15, 0.2) is 24.3 Å². The number of hydrogen-bond acceptors (Lipinski definition) is 3. The number of nitrogens with zero attached hydrogens (tertiary/aromatic N) is 1. The molecule has 1 saturated heterocycles. The molecule has 0 unspecified atom stereocenters. The second-order valence-electron chi connectivity index (χ2n) is 8.96. The lowest BCUT2D eigenvalue weighted by Crippen LogP contribution is -2.49. The SMILES string of the molecule is CCOC(=O)C1(Cc2ccc(Cl)cc2)CCN(C(=O)[C@H]2CC23CCCC3)CC1. The number of piperidine rings is 1. The number of carbonyl (C=O) groups excluding carboxylic acids is 2. The molecule has 0 aromatic heterocycles. The number of rotatable bonds is 5. The molecule has 3 fully saturated rings. The Morgan fingerprint density at radius 1 is 1.11 bits per heavy atom. The minimum atomic E-state index is -0.546. The molecule has 0 N–H and O–H groups in total. The van der Waals surface area contributed by atoms with Gasteiger partial charge < -0.3 is 9.64 Å². The first-order valence-corrected chi connectivity index (χ1v) is 11.1. The monoisotopic (exact) mass is 403 g/mol. The van der Waals surface area contributed by atoms with Crippen molar-refractivity contribution in [2.45, 2.75) is 58.3 Å². The zero-order valence-corrected chi connectivity index (χ0v) is 17.5. The van der Waals surface area contributed by atoms with E-state index in [2.05, 4.69) is 0 Å². The van der Waals surface area contributed by atoms with E-state index in [1.165, 1.54) is 25.7 Å². The van der Waals surface area contributed by atoms with E-state index in [0.717, 1.165) is 12.0 Å². The van der Waals surface area contributed by atoms with Gasteiger partial charge in [-0.3, -0.25) is 9.59 Å². The summed E-state index contributed by atoms with van der Waals surface area (Å²) in [6.07, 6.45) is 8.04. The fraction of sp³-hybridized carbons (Fsp3) is 0.652. The first-order valence-electron chi connectivity index (χ1n) is 10.7. The van der Waals surface area contributed by atoms with E-state index >= 15 is 0 Å². The van der Waals surface area contributed by atoms with Crippen LogP contribution >= 0.6 is 11.6 Å². The molecule has 4 rings (SSSR count). The molecule has 1 aromatic carbocycles. The van der Waals surface area contributed by atoms with E-state index in [1.54, 1.807) is 0 Å². The van der Waals surface area contributed by atoms with Gasteiger partial charge in [-0.25, -0.2) is 0 Å². The van der Waals surface area contributed by atoms with Gasteiger partial charge in [-0.2, -0.15) is 0 Å². The molecule has 1 atom stereocenters. The lowest BCUT2D eigenvalue weighted by molar-refractivity contribution is -0.160. The number of likely N-dealkylation sites (tertiary alicyclic amines) is 1. The normalized spacial score (nSPS) is 24.9. The Labute approximate surface area is 172 Å². The van der Waals surface area contributed by atoms with E-state index in [0.29, 0.717) is 55.3 Å². The van der Waals surface area contributed by atoms with Gasteiger partial charge in [-0.1, -0.05) is 36.6 Å². The topological polar surface area (TPSA) is 46.6 Å². The van der Waals surface area contributed by atoms with E-state index in [9.17, 15) is 9.59 Å². The zero-order chi connectivity index (χ0) is 19.8. The standard InChI is InChI=1S/C23H30ClNO3/c1-2-28-21(27)23(15-17-5-7-18(24)8-6-17)11-13-25(14-12-23)20(26)19-16-22(19)9-3-4-10-22/h5-8,19H,2-4,9-16H2,1H3/t19-/m1/s1. The summed E-state index contributed by atoms with van der Waals surface area (Å²) in [5.74, 6) is 0.433. The van der Waals surface area contributed by atoms with Crippen molar-refractivity contribution in [2.75, 3.05) is 19.7 Å². The van der Waals surface area contributed by atoms with Gasteiger partial charge in [0, 0.05) is 24.0 Å². The fourth-order valence-electron chi connectivity index (χ4n) is 5.43. The number of esters is 1. The first kappa shape index (κ1) is 19.8. The number of halogens is 1. The Kier molecular flexibility index (Phi) is 5.43. The van der Waals surface area contributed by atoms with Gasteiger partial charge in [0.2, 0.25) is 5.91 Å². The molecule has 1 amide bonds. The van der Waals surface area contributed by atoms with Crippen LogP contribution in [-0.2, 0) is 20.7 Å². The molecule has 0 bridgehead atoms. The summed E-state index contributed by atoms with van der Waals surface area (Å²) >= 11 is 6.01. The molecule has 28 heavy (non-hydrogen) atoms. The zero-order valence-electron chi connectivity index (χ0n) is 16.7. The summed E-state index contributed by atoms with van der Waals surface area (Å²) in [4.78, 5) is 27.9. The summed E-state index contributed by atoms with van der Waals surface area (Å²) in [5, 5.41) is 0.694. The molecule has 1 spiro atoms. The Hall–Kier alpha value is -1.55. The van der Waals surface area contributed by atoms with E-state index < -0.39 is 5.41 Å². The molecule has 3 aliphatic rings. The van der Waals surface area contributed by atoms with Crippen molar-refractivity contribution in [3.05, 3.63) is 34.9 Å². The maximum absolute atomic E-state index is 13.0. The van der Waals surface area contributed by atoms with E-state index in [-0.39, 0.29) is 11.9 Å². The maximum Gasteiger partial charge on any atom is 0.312 e. The van der Waals surface area contributed by atoms with Crippen LogP contribution in [0.25, 0.3) is 0 Å². The van der Waals surface area contributed by atoms with Crippen molar-refractivity contribution < 1.29 is 14.3 Å². The number of carbonyl (C=O) groups is 2. The Morgan fingerprint density at radius 3 is 2.36 bits per heavy atom. The van der Waals surface area contributed by atoms with Crippen LogP contribution in [0.5, 0.6) is 0 Å². The van der Waals surface area contributed by atoms with Crippen LogP contribution in [0.3, 0.4) is 0 Å². The molecule has 0 radical (unpaired) electrons. The molecule has 152 valence electrons. The molecule has 2 saturated carbocycles. The highest BCUT2D eigenvalue weighted by atomic mass is 35.5. The Balaban J connectivity index is 1.43. The van der Waals surface area contributed by atoms with Crippen LogP contribution in [0.4, 0.5) is 0 Å². The number of ether oxygens (including phenoxy) is 1. The van der Waals surface area contributed by atoms with Crippen molar-refractivity contribution in [3.8, 4) is 0 Å². The Morgan fingerprint density at radius 2 is 1.75 bits per heavy atom. The van der Waals surface area contributed by atoms with Gasteiger partial charge in [-0.05, 0) is 68.6 Å². The third kappa shape index (κ3) is 3.68. The third-order valence-electron chi connectivity index (χ3n) is 7.28. The van der Waals surface area contributed by atoms with Crippen molar-refractivity contribution in [1.82, 2.24) is 4.90 Å². The summed E-state index contributed by atoms with van der Waals surface area (Å²) in [6.45, 7) is 3.53. The maximum atomic E-state index is 13.0. The second-order valence-corrected chi connectivity index (χ2v) is 9.39. The van der Waals surface area contributed by atoms with Crippen LogP contribution < -0.4 is 0 Å². The molecule has 1 aromatic rings. The molecule has 5 heteroatoms.